The van der Waals surface area contributed by atoms with Crippen molar-refractivity contribution >= 4 is 17.0 Å². The molecule has 0 aliphatic rings. The molecule has 154 valence electrons. The summed E-state index contributed by atoms with van der Waals surface area (Å²) in [6.45, 7) is 5.90. The van der Waals surface area contributed by atoms with E-state index in [4.69, 9.17) is 14.5 Å². The van der Waals surface area contributed by atoms with Crippen LogP contribution in [0.25, 0.3) is 28.1 Å². The number of nitrogens with zero attached hydrogens (tertiary/aromatic N) is 5. The average Bonchev–Trinajstić information content (AvgIpc) is 3.37. The zero-order valence-electron chi connectivity index (χ0n) is 17.6. The lowest BCUT2D eigenvalue weighted by molar-refractivity contribution is 0.393. The molecule has 0 amide bonds. The fourth-order valence-electron chi connectivity index (χ4n) is 3.76. The van der Waals surface area contributed by atoms with Gasteiger partial charge in [0.15, 0.2) is 0 Å². The summed E-state index contributed by atoms with van der Waals surface area (Å²) >= 11 is 0. The van der Waals surface area contributed by atoms with Crippen LogP contribution in [0.4, 0.5) is 5.95 Å². The third kappa shape index (κ3) is 3.54. The highest BCUT2D eigenvalue weighted by molar-refractivity contribution is 5.77. The molecule has 3 heterocycles. The Kier molecular flexibility index (Phi) is 4.71. The number of nitrogens with one attached hydrogen (secondary N) is 1. The van der Waals surface area contributed by atoms with Gasteiger partial charge >= 0.3 is 0 Å². The van der Waals surface area contributed by atoms with Gasteiger partial charge in [0, 0.05) is 6.07 Å². The number of fused-ring (bicyclic) bond motifs is 1. The molecule has 3 aromatic heterocycles. The van der Waals surface area contributed by atoms with E-state index in [1.54, 1.807) is 6.33 Å². The largest absolute Gasteiger partial charge is 0.361 e. The predicted octanol–water partition coefficient (Wildman–Crippen LogP) is 5.26. The molecular formula is C24H22N6O. The van der Waals surface area contributed by atoms with Gasteiger partial charge in [-0.2, -0.15) is 4.98 Å². The number of imidazole rings is 1. The smallest absolute Gasteiger partial charge is 0.225 e. The Labute approximate surface area is 179 Å². The molecule has 0 aliphatic carbocycles. The second kappa shape index (κ2) is 7.68. The Hall–Kier alpha value is -4.00. The first kappa shape index (κ1) is 19.0. The number of benzene rings is 2. The molecule has 0 aliphatic heterocycles. The first-order chi connectivity index (χ1) is 15.1. The minimum absolute atomic E-state index is 0.0356. The molecule has 2 aromatic carbocycles. The van der Waals surface area contributed by atoms with Gasteiger partial charge in [-0.25, -0.2) is 9.97 Å². The number of aromatic nitrogens is 5. The second-order valence-electron chi connectivity index (χ2n) is 7.51. The Morgan fingerprint density at radius 1 is 0.968 bits per heavy atom. The third-order valence-corrected chi connectivity index (χ3v) is 5.35. The molecule has 0 bridgehead atoms. The normalized spacial score (nSPS) is 12.2. The van der Waals surface area contributed by atoms with Gasteiger partial charge in [-0.3, -0.25) is 4.57 Å². The summed E-state index contributed by atoms with van der Waals surface area (Å²) < 4.78 is 7.36. The van der Waals surface area contributed by atoms with Gasteiger partial charge in [0.1, 0.15) is 17.9 Å². The molecule has 0 saturated heterocycles. The zero-order chi connectivity index (χ0) is 21.4. The fraction of sp³-hybridized carbons (Fsp3) is 0.167. The van der Waals surface area contributed by atoms with Crippen LogP contribution in [0.3, 0.4) is 0 Å². The summed E-state index contributed by atoms with van der Waals surface area (Å²) in [5.41, 5.74) is 5.47. The maximum absolute atomic E-state index is 5.39. The molecule has 1 N–H and O–H groups in total. The molecule has 7 heteroatoms. The predicted molar refractivity (Wildman–Crippen MR) is 120 cm³/mol. The van der Waals surface area contributed by atoms with E-state index in [9.17, 15) is 0 Å². The van der Waals surface area contributed by atoms with E-state index in [2.05, 4.69) is 34.5 Å². The van der Waals surface area contributed by atoms with Gasteiger partial charge in [0.05, 0.1) is 34.0 Å². The monoisotopic (exact) mass is 410 g/mol. The van der Waals surface area contributed by atoms with E-state index in [1.807, 2.05) is 66.9 Å². The number of para-hydroxylation sites is 2. The number of hydrogen-bond donors (Lipinski definition) is 1. The molecule has 0 spiro atoms. The highest BCUT2D eigenvalue weighted by Gasteiger charge is 2.18. The van der Waals surface area contributed by atoms with Crippen molar-refractivity contribution in [2.75, 3.05) is 5.32 Å². The van der Waals surface area contributed by atoms with E-state index in [0.29, 0.717) is 5.95 Å². The van der Waals surface area contributed by atoms with Gasteiger partial charge in [-0.05, 0) is 38.5 Å². The Morgan fingerprint density at radius 2 is 1.74 bits per heavy atom. The van der Waals surface area contributed by atoms with E-state index >= 15 is 0 Å². The lowest BCUT2D eigenvalue weighted by atomic mass is 10.1. The molecule has 0 radical (unpaired) electrons. The van der Waals surface area contributed by atoms with Crippen LogP contribution in [0.5, 0.6) is 0 Å². The van der Waals surface area contributed by atoms with Crippen LogP contribution in [0.2, 0.25) is 0 Å². The van der Waals surface area contributed by atoms with Gasteiger partial charge in [0.25, 0.3) is 0 Å². The maximum Gasteiger partial charge on any atom is 0.225 e. The van der Waals surface area contributed by atoms with Gasteiger partial charge in [0.2, 0.25) is 5.95 Å². The summed E-state index contributed by atoms with van der Waals surface area (Å²) in [4.78, 5) is 14.1. The Bertz CT molecular complexity index is 1340. The van der Waals surface area contributed by atoms with E-state index < -0.39 is 0 Å². The van der Waals surface area contributed by atoms with Crippen molar-refractivity contribution < 1.29 is 4.52 Å². The number of rotatable bonds is 5. The quantitative estimate of drug-likeness (QED) is 0.426. The van der Waals surface area contributed by atoms with Crippen molar-refractivity contribution in [1.29, 1.82) is 0 Å². The summed E-state index contributed by atoms with van der Waals surface area (Å²) in [6, 6.07) is 20.2. The Balaban J connectivity index is 1.64. The van der Waals surface area contributed by atoms with Crippen LogP contribution in [0.1, 0.15) is 30.0 Å². The topological polar surface area (TPSA) is 81.7 Å². The van der Waals surface area contributed by atoms with E-state index in [-0.39, 0.29) is 6.04 Å². The summed E-state index contributed by atoms with van der Waals surface area (Å²) in [7, 11) is 0. The molecule has 5 aromatic rings. The van der Waals surface area contributed by atoms with Crippen molar-refractivity contribution in [1.82, 2.24) is 24.7 Å². The molecule has 0 saturated carbocycles. The van der Waals surface area contributed by atoms with Crippen molar-refractivity contribution in [2.24, 2.45) is 0 Å². The van der Waals surface area contributed by atoms with Crippen LogP contribution in [-0.2, 0) is 0 Å². The molecule has 0 fully saturated rings. The van der Waals surface area contributed by atoms with Crippen LogP contribution < -0.4 is 5.32 Å². The SMILES string of the molecule is Cc1noc(C)c1-c1cc(-n2cnc3ccccc32)nc(NC(C)c2ccccc2)n1. The lowest BCUT2D eigenvalue weighted by Crippen LogP contribution is -2.11. The molecule has 7 nitrogen and oxygen atoms in total. The molecule has 5 rings (SSSR count). The van der Waals surface area contributed by atoms with Crippen molar-refractivity contribution in [3.63, 3.8) is 0 Å². The van der Waals surface area contributed by atoms with Crippen LogP contribution in [-0.4, -0.2) is 24.7 Å². The number of anilines is 1. The molecular weight excluding hydrogens is 388 g/mol. The molecule has 31 heavy (non-hydrogen) atoms. The van der Waals surface area contributed by atoms with Gasteiger partial charge in [-0.1, -0.05) is 47.6 Å². The van der Waals surface area contributed by atoms with Crippen molar-refractivity contribution in [3.8, 4) is 17.1 Å². The summed E-state index contributed by atoms with van der Waals surface area (Å²) in [5, 5.41) is 7.54. The molecule has 1 unspecified atom stereocenters. The first-order valence-electron chi connectivity index (χ1n) is 10.2. The van der Waals surface area contributed by atoms with Gasteiger partial charge in [-0.15, -0.1) is 0 Å². The lowest BCUT2D eigenvalue weighted by Gasteiger charge is -2.16. The summed E-state index contributed by atoms with van der Waals surface area (Å²) in [5.74, 6) is 1.97. The average molecular weight is 410 g/mol. The molecule has 1 atom stereocenters. The Morgan fingerprint density at radius 3 is 2.52 bits per heavy atom. The minimum atomic E-state index is 0.0356. The maximum atomic E-state index is 5.39. The summed E-state index contributed by atoms with van der Waals surface area (Å²) in [6.07, 6.45) is 1.79. The number of hydrogen-bond acceptors (Lipinski definition) is 6. The fourth-order valence-corrected chi connectivity index (χ4v) is 3.76. The van der Waals surface area contributed by atoms with Crippen LogP contribution in [0.15, 0.2) is 71.5 Å². The van der Waals surface area contributed by atoms with Crippen LogP contribution in [0, 0.1) is 13.8 Å². The minimum Gasteiger partial charge on any atom is -0.361 e. The van der Waals surface area contributed by atoms with Crippen LogP contribution >= 0.6 is 0 Å². The highest BCUT2D eigenvalue weighted by Crippen LogP contribution is 2.29. The second-order valence-corrected chi connectivity index (χ2v) is 7.51. The van der Waals surface area contributed by atoms with Crippen molar-refractivity contribution in [2.45, 2.75) is 26.8 Å². The number of aryl methyl sites for hydroxylation is 2. The van der Waals surface area contributed by atoms with Crippen molar-refractivity contribution in [3.05, 3.63) is 84.0 Å². The first-order valence-corrected chi connectivity index (χ1v) is 10.2. The zero-order valence-corrected chi connectivity index (χ0v) is 17.6. The van der Waals surface area contributed by atoms with E-state index in [0.717, 1.165) is 45.1 Å². The van der Waals surface area contributed by atoms with E-state index in [1.165, 1.54) is 0 Å². The third-order valence-electron chi connectivity index (χ3n) is 5.35. The standard InChI is InChI=1S/C24H22N6O/c1-15(18-9-5-4-6-10-18)26-24-27-20(23-16(2)29-31-17(23)3)13-22(28-24)30-14-25-19-11-7-8-12-21(19)30/h4-15H,1-3H3,(H,26,27,28). The van der Waals surface area contributed by atoms with Gasteiger partial charge < -0.3 is 9.84 Å². The highest BCUT2D eigenvalue weighted by atomic mass is 16.5.